The predicted molar refractivity (Wildman–Crippen MR) is 123 cm³/mol. The maximum Gasteiger partial charge on any atom is 0.252 e. The van der Waals surface area contributed by atoms with E-state index in [-0.39, 0.29) is 50.0 Å². The number of amides is 1. The molecular weight excluding hydrogens is 444 g/mol. The number of rotatable bonds is 8. The Bertz CT molecular complexity index is 693. The largest absolute Gasteiger partial charge is 0.390 e. The number of hydrogen-bond acceptors (Lipinski definition) is 11. The van der Waals surface area contributed by atoms with Crippen LogP contribution in [0.15, 0.2) is 0 Å². The minimum atomic E-state index is -1.45. The van der Waals surface area contributed by atoms with Crippen LogP contribution >= 0.6 is 0 Å². The maximum absolute atomic E-state index is 12.5. The van der Waals surface area contributed by atoms with Crippen LogP contribution in [0.4, 0.5) is 0 Å². The van der Waals surface area contributed by atoms with Crippen LogP contribution in [0.1, 0.15) is 44.9 Å². The standard InChI is InChI=1S/C22H42N6O6/c23-8-18-16(29)5-15(27-9-10-1-11(24)2-10)20(33-18)34-19-14(26)3-13(4-17(19)30)28-21(31)22(32)6-12(25)7-22/h10-20,27,29-30,32H,1-9,23-26H2,(H,28,31)/t10?,11?,12?,13-,14+,15-,16+,17-,18-,19?,20-,22?/m1/s1. The maximum atomic E-state index is 12.5. The molecule has 8 atom stereocenters. The van der Waals surface area contributed by atoms with Gasteiger partial charge in [0.15, 0.2) is 6.29 Å². The molecule has 12 nitrogen and oxygen atoms in total. The molecule has 13 N–H and O–H groups in total. The first-order valence-electron chi connectivity index (χ1n) is 12.5. The van der Waals surface area contributed by atoms with Gasteiger partial charge in [0.25, 0.3) is 5.91 Å². The van der Waals surface area contributed by atoms with Crippen molar-refractivity contribution in [2.45, 2.75) is 111 Å². The summed E-state index contributed by atoms with van der Waals surface area (Å²) in [5.74, 6) is 0.000270. The number of hydrogen-bond donors (Lipinski definition) is 9. The molecule has 34 heavy (non-hydrogen) atoms. The highest BCUT2D eigenvalue weighted by Crippen LogP contribution is 2.33. The van der Waals surface area contributed by atoms with E-state index < -0.39 is 48.3 Å². The average Bonchev–Trinajstić information content (AvgIpc) is 2.72. The highest BCUT2D eigenvalue weighted by molar-refractivity contribution is 5.86. The molecule has 0 aromatic rings. The summed E-state index contributed by atoms with van der Waals surface area (Å²) in [6.45, 7) is 0.882. The fourth-order valence-corrected chi connectivity index (χ4v) is 5.72. The van der Waals surface area contributed by atoms with Crippen LogP contribution in [-0.4, -0.2) is 101 Å². The molecule has 4 rings (SSSR count). The van der Waals surface area contributed by atoms with E-state index in [1.807, 2.05) is 0 Å². The van der Waals surface area contributed by atoms with Crippen LogP contribution in [-0.2, 0) is 14.3 Å². The van der Waals surface area contributed by atoms with Gasteiger partial charge in [-0.25, -0.2) is 0 Å². The van der Waals surface area contributed by atoms with Crippen molar-refractivity contribution in [2.24, 2.45) is 28.9 Å². The van der Waals surface area contributed by atoms with Crippen LogP contribution in [0.3, 0.4) is 0 Å². The summed E-state index contributed by atoms with van der Waals surface area (Å²) in [5.41, 5.74) is 22.3. The van der Waals surface area contributed by atoms with E-state index in [1.165, 1.54) is 0 Å². The Kier molecular flexibility index (Phi) is 8.14. The predicted octanol–water partition coefficient (Wildman–Crippen LogP) is -3.68. The zero-order valence-corrected chi connectivity index (χ0v) is 19.6. The molecule has 0 bridgehead atoms. The quantitative estimate of drug-likeness (QED) is 0.162. The van der Waals surface area contributed by atoms with Crippen molar-refractivity contribution in [1.82, 2.24) is 10.6 Å². The molecule has 0 spiro atoms. The summed E-state index contributed by atoms with van der Waals surface area (Å²) in [7, 11) is 0. The van der Waals surface area contributed by atoms with E-state index in [2.05, 4.69) is 10.6 Å². The number of nitrogens with one attached hydrogen (secondary N) is 2. The number of aliphatic hydroxyl groups excluding tert-OH is 2. The Morgan fingerprint density at radius 2 is 1.74 bits per heavy atom. The van der Waals surface area contributed by atoms with Gasteiger partial charge in [-0.2, -0.15) is 0 Å². The summed E-state index contributed by atoms with van der Waals surface area (Å²) in [4.78, 5) is 12.5. The Balaban J connectivity index is 1.33. The molecule has 3 saturated carbocycles. The zero-order chi connectivity index (χ0) is 24.6. The van der Waals surface area contributed by atoms with Crippen LogP contribution < -0.4 is 33.6 Å². The van der Waals surface area contributed by atoms with Gasteiger partial charge >= 0.3 is 0 Å². The lowest BCUT2D eigenvalue weighted by molar-refractivity contribution is -0.265. The van der Waals surface area contributed by atoms with Crippen LogP contribution in [0.25, 0.3) is 0 Å². The minimum Gasteiger partial charge on any atom is -0.390 e. The molecule has 0 radical (unpaired) electrons. The summed E-state index contributed by atoms with van der Waals surface area (Å²) in [5, 5.41) is 37.8. The van der Waals surface area contributed by atoms with Crippen molar-refractivity contribution in [3.05, 3.63) is 0 Å². The lowest BCUT2D eigenvalue weighted by Crippen LogP contribution is -2.64. The average molecular weight is 487 g/mol. The van der Waals surface area contributed by atoms with Crippen molar-refractivity contribution < 1.29 is 29.6 Å². The first kappa shape index (κ1) is 26.1. The molecule has 1 saturated heterocycles. The van der Waals surface area contributed by atoms with Crippen LogP contribution in [0.5, 0.6) is 0 Å². The van der Waals surface area contributed by atoms with Gasteiger partial charge in [-0.3, -0.25) is 4.79 Å². The molecule has 12 heteroatoms. The van der Waals surface area contributed by atoms with Crippen LogP contribution in [0.2, 0.25) is 0 Å². The summed E-state index contributed by atoms with van der Waals surface area (Å²) in [6.07, 6.45) is -0.301. The third kappa shape index (κ3) is 5.72. The highest BCUT2D eigenvalue weighted by atomic mass is 16.7. The molecule has 0 aromatic carbocycles. The third-order valence-corrected chi connectivity index (χ3v) is 7.87. The monoisotopic (exact) mass is 486 g/mol. The summed E-state index contributed by atoms with van der Waals surface area (Å²) < 4.78 is 12.2. The molecule has 1 amide bonds. The fraction of sp³-hybridized carbons (Fsp3) is 0.955. The van der Waals surface area contributed by atoms with E-state index in [9.17, 15) is 20.1 Å². The number of carbonyl (C=O) groups excluding carboxylic acids is 1. The minimum absolute atomic E-state index is 0.144. The number of carbonyl (C=O) groups is 1. The Morgan fingerprint density at radius 1 is 1.03 bits per heavy atom. The van der Waals surface area contributed by atoms with E-state index >= 15 is 0 Å². The molecule has 3 aliphatic carbocycles. The van der Waals surface area contributed by atoms with Gasteiger partial charge in [0.05, 0.1) is 24.4 Å². The molecule has 0 aromatic heterocycles. The van der Waals surface area contributed by atoms with E-state index in [0.29, 0.717) is 18.8 Å². The van der Waals surface area contributed by atoms with E-state index in [0.717, 1.165) is 19.4 Å². The molecule has 4 fully saturated rings. The number of nitrogens with two attached hydrogens (primary N) is 4. The number of ether oxygens (including phenoxy) is 2. The summed E-state index contributed by atoms with van der Waals surface area (Å²) in [6, 6.07) is -1.17. The second-order valence-corrected chi connectivity index (χ2v) is 10.9. The first-order valence-corrected chi connectivity index (χ1v) is 12.5. The second-order valence-electron chi connectivity index (χ2n) is 10.9. The second kappa shape index (κ2) is 10.6. The van der Waals surface area contributed by atoms with Gasteiger partial charge in [0.2, 0.25) is 0 Å². The fourth-order valence-electron chi connectivity index (χ4n) is 5.72. The molecular formula is C22H42N6O6. The van der Waals surface area contributed by atoms with E-state index in [4.69, 9.17) is 32.4 Å². The van der Waals surface area contributed by atoms with Crippen molar-refractivity contribution in [3.63, 3.8) is 0 Å². The first-order chi connectivity index (χ1) is 16.1. The van der Waals surface area contributed by atoms with E-state index in [1.54, 1.807) is 0 Å². The van der Waals surface area contributed by atoms with Gasteiger partial charge in [-0.1, -0.05) is 0 Å². The van der Waals surface area contributed by atoms with Gasteiger partial charge < -0.3 is 58.4 Å². The molecule has 4 aliphatic rings. The highest BCUT2D eigenvalue weighted by Gasteiger charge is 2.49. The molecule has 1 aliphatic heterocycles. The third-order valence-electron chi connectivity index (χ3n) is 7.87. The van der Waals surface area contributed by atoms with Crippen molar-refractivity contribution in [1.29, 1.82) is 0 Å². The van der Waals surface area contributed by atoms with Gasteiger partial charge in [0.1, 0.15) is 11.7 Å². The Hall–Kier alpha value is -0.930. The lowest BCUT2D eigenvalue weighted by Gasteiger charge is -2.46. The van der Waals surface area contributed by atoms with Crippen molar-refractivity contribution >= 4 is 5.91 Å². The summed E-state index contributed by atoms with van der Waals surface area (Å²) >= 11 is 0. The molecule has 1 heterocycles. The topological polar surface area (TPSA) is 224 Å². The SMILES string of the molecule is NC[C@H]1O[C@H](OC2[C@H](O)C[C@H](NC(=O)C3(O)CC(N)C3)C[C@@H]2N)[C@H](NCC2CC(N)C2)C[C@@H]1O. The van der Waals surface area contributed by atoms with Crippen LogP contribution in [0, 0.1) is 5.92 Å². The van der Waals surface area contributed by atoms with Gasteiger partial charge in [0, 0.05) is 43.6 Å². The molecule has 1 unspecified atom stereocenters. The van der Waals surface area contributed by atoms with Gasteiger partial charge in [-0.15, -0.1) is 0 Å². The normalized spacial score (nSPS) is 49.1. The zero-order valence-electron chi connectivity index (χ0n) is 19.6. The lowest BCUT2D eigenvalue weighted by atomic mass is 9.75. The van der Waals surface area contributed by atoms with Crippen molar-refractivity contribution in [3.8, 4) is 0 Å². The Morgan fingerprint density at radius 3 is 2.32 bits per heavy atom. The number of aliphatic hydroxyl groups is 3. The van der Waals surface area contributed by atoms with Crippen molar-refractivity contribution in [2.75, 3.05) is 13.1 Å². The Labute approximate surface area is 200 Å². The molecule has 196 valence electrons. The van der Waals surface area contributed by atoms with Gasteiger partial charge in [-0.05, 0) is 44.6 Å². The smallest absolute Gasteiger partial charge is 0.252 e.